The van der Waals surface area contributed by atoms with Gasteiger partial charge in [-0.25, -0.2) is 0 Å². The van der Waals surface area contributed by atoms with Crippen LogP contribution in [-0.4, -0.2) is 22.3 Å². The van der Waals surface area contributed by atoms with E-state index in [1.807, 2.05) is 31.2 Å². The molecule has 0 aliphatic heterocycles. The molecule has 1 aromatic rings. The van der Waals surface area contributed by atoms with Crippen molar-refractivity contribution >= 4 is 22.4 Å². The zero-order valence-corrected chi connectivity index (χ0v) is 11.4. The molecule has 0 aliphatic rings. The average Bonchev–Trinajstić information content (AvgIpc) is 2.16. The van der Waals surface area contributed by atoms with Crippen LogP contribution in [0, 0.1) is 0 Å². The molecular weight excluding hydrogens is 242 g/mol. The van der Waals surface area contributed by atoms with Crippen LogP contribution in [-0.2, 0) is 10.8 Å². The van der Waals surface area contributed by atoms with Gasteiger partial charge in [-0.2, -0.15) is 0 Å². The third kappa shape index (κ3) is 4.64. The van der Waals surface area contributed by atoms with Crippen LogP contribution in [0.25, 0.3) is 0 Å². The smallest absolute Gasteiger partial charge is 0.0409 e. The van der Waals surface area contributed by atoms with Gasteiger partial charge in [-0.15, -0.1) is 0 Å². The molecule has 2 nitrogen and oxygen atoms in total. The second-order valence-electron chi connectivity index (χ2n) is 4.08. The minimum absolute atomic E-state index is 0.220. The van der Waals surface area contributed by atoms with E-state index < -0.39 is 10.8 Å². The van der Waals surface area contributed by atoms with Gasteiger partial charge < -0.3 is 5.32 Å². The molecule has 0 spiro atoms. The topological polar surface area (TPSA) is 29.1 Å². The van der Waals surface area contributed by atoms with Gasteiger partial charge in [-0.1, -0.05) is 23.7 Å². The van der Waals surface area contributed by atoms with Gasteiger partial charge in [0.1, 0.15) is 0 Å². The van der Waals surface area contributed by atoms with Crippen LogP contribution in [0.1, 0.15) is 25.5 Å². The number of benzene rings is 1. The molecule has 0 bridgehead atoms. The fourth-order valence-corrected chi connectivity index (χ4v) is 2.70. The van der Waals surface area contributed by atoms with E-state index in [0.29, 0.717) is 5.75 Å². The Morgan fingerprint density at radius 1 is 1.44 bits per heavy atom. The zero-order chi connectivity index (χ0) is 12.1. The lowest BCUT2D eigenvalue weighted by Gasteiger charge is -2.19. The molecule has 3 atom stereocenters. The first-order chi connectivity index (χ1) is 7.49. The minimum Gasteiger partial charge on any atom is -0.307 e. The van der Waals surface area contributed by atoms with E-state index in [1.165, 1.54) is 0 Å². The molecule has 0 radical (unpaired) electrons. The number of nitrogens with one attached hydrogen (secondary N) is 1. The summed E-state index contributed by atoms with van der Waals surface area (Å²) in [4.78, 5) is 0. The standard InChI is InChI=1S/C12H18ClNOS/c1-9(8-16(3)15)14-10(2)11-5-4-6-12(13)7-11/h4-7,9-10,14H,8H2,1-3H3. The van der Waals surface area contributed by atoms with E-state index in [-0.39, 0.29) is 12.1 Å². The highest BCUT2D eigenvalue weighted by atomic mass is 35.5. The fraction of sp³-hybridized carbons (Fsp3) is 0.500. The predicted octanol–water partition coefficient (Wildman–Crippen LogP) is 2.76. The van der Waals surface area contributed by atoms with Gasteiger partial charge in [-0.3, -0.25) is 4.21 Å². The Hall–Kier alpha value is -0.380. The van der Waals surface area contributed by atoms with Crippen molar-refractivity contribution in [2.45, 2.75) is 25.9 Å². The lowest BCUT2D eigenvalue weighted by Crippen LogP contribution is -2.33. The summed E-state index contributed by atoms with van der Waals surface area (Å²) < 4.78 is 11.1. The summed E-state index contributed by atoms with van der Waals surface area (Å²) in [5, 5.41) is 4.15. The maximum Gasteiger partial charge on any atom is 0.0409 e. The monoisotopic (exact) mass is 259 g/mol. The van der Waals surface area contributed by atoms with Gasteiger partial charge >= 0.3 is 0 Å². The van der Waals surface area contributed by atoms with Crippen LogP contribution in [0.5, 0.6) is 0 Å². The largest absolute Gasteiger partial charge is 0.307 e. The van der Waals surface area contributed by atoms with Crippen LogP contribution in [0.3, 0.4) is 0 Å². The molecule has 16 heavy (non-hydrogen) atoms. The average molecular weight is 260 g/mol. The highest BCUT2D eigenvalue weighted by molar-refractivity contribution is 7.84. The van der Waals surface area contributed by atoms with Crippen molar-refractivity contribution in [2.75, 3.05) is 12.0 Å². The van der Waals surface area contributed by atoms with E-state index in [2.05, 4.69) is 12.2 Å². The molecule has 4 heteroatoms. The molecule has 0 fully saturated rings. The minimum atomic E-state index is -0.761. The molecule has 90 valence electrons. The van der Waals surface area contributed by atoms with Gasteiger partial charge in [0.05, 0.1) is 0 Å². The SMILES string of the molecule is CC(CS(C)=O)NC(C)c1cccc(Cl)c1. The summed E-state index contributed by atoms with van der Waals surface area (Å²) in [5.41, 5.74) is 1.15. The van der Waals surface area contributed by atoms with Gasteiger partial charge in [0.25, 0.3) is 0 Å². The Labute approximate surface area is 105 Å². The molecule has 1 N–H and O–H groups in total. The van der Waals surface area contributed by atoms with E-state index in [4.69, 9.17) is 11.6 Å². The summed E-state index contributed by atoms with van der Waals surface area (Å²) >= 11 is 5.93. The number of rotatable bonds is 5. The quantitative estimate of drug-likeness (QED) is 0.881. The first-order valence-electron chi connectivity index (χ1n) is 5.30. The van der Waals surface area contributed by atoms with Crippen LogP contribution >= 0.6 is 11.6 Å². The van der Waals surface area contributed by atoms with Crippen molar-refractivity contribution in [1.29, 1.82) is 0 Å². The number of hydrogen-bond acceptors (Lipinski definition) is 2. The number of halogens is 1. The molecule has 0 aromatic heterocycles. The molecule has 1 rings (SSSR count). The molecule has 1 aromatic carbocycles. The molecule has 0 amide bonds. The highest BCUT2D eigenvalue weighted by Crippen LogP contribution is 2.17. The van der Waals surface area contributed by atoms with E-state index in [0.717, 1.165) is 10.6 Å². The van der Waals surface area contributed by atoms with Gasteiger partial charge in [0.2, 0.25) is 0 Å². The van der Waals surface area contributed by atoms with Crippen molar-refractivity contribution in [3.63, 3.8) is 0 Å². The maximum absolute atomic E-state index is 11.1. The molecule has 3 unspecified atom stereocenters. The first kappa shape index (κ1) is 13.7. The lowest BCUT2D eigenvalue weighted by atomic mass is 10.1. The summed E-state index contributed by atoms with van der Waals surface area (Å²) in [6.45, 7) is 4.13. The maximum atomic E-state index is 11.1. The normalized spacial score (nSPS) is 16.8. The third-order valence-electron chi connectivity index (χ3n) is 2.37. The van der Waals surface area contributed by atoms with Crippen molar-refractivity contribution in [1.82, 2.24) is 5.32 Å². The summed E-state index contributed by atoms with van der Waals surface area (Å²) in [5.74, 6) is 0.672. The Balaban J connectivity index is 2.58. The fourth-order valence-electron chi connectivity index (χ4n) is 1.70. The molecule has 0 saturated heterocycles. The number of hydrogen-bond donors (Lipinski definition) is 1. The zero-order valence-electron chi connectivity index (χ0n) is 9.87. The van der Waals surface area contributed by atoms with Crippen LogP contribution < -0.4 is 5.32 Å². The van der Waals surface area contributed by atoms with Crippen molar-refractivity contribution < 1.29 is 4.21 Å². The Bertz CT molecular complexity index is 370. The van der Waals surface area contributed by atoms with Crippen molar-refractivity contribution in [2.24, 2.45) is 0 Å². The molecule has 0 heterocycles. The van der Waals surface area contributed by atoms with Gasteiger partial charge in [0.15, 0.2) is 0 Å². The van der Waals surface area contributed by atoms with Crippen LogP contribution in [0.4, 0.5) is 0 Å². The van der Waals surface area contributed by atoms with Crippen LogP contribution in [0.15, 0.2) is 24.3 Å². The first-order valence-corrected chi connectivity index (χ1v) is 7.41. The summed E-state index contributed by atoms with van der Waals surface area (Å²) in [7, 11) is -0.761. The van der Waals surface area contributed by atoms with E-state index in [9.17, 15) is 4.21 Å². The van der Waals surface area contributed by atoms with Crippen LogP contribution in [0.2, 0.25) is 5.02 Å². The molecule has 0 saturated carbocycles. The third-order valence-corrected chi connectivity index (χ3v) is 3.57. The Morgan fingerprint density at radius 3 is 2.69 bits per heavy atom. The van der Waals surface area contributed by atoms with E-state index in [1.54, 1.807) is 6.26 Å². The van der Waals surface area contributed by atoms with E-state index >= 15 is 0 Å². The predicted molar refractivity (Wildman–Crippen MR) is 71.4 cm³/mol. The van der Waals surface area contributed by atoms with Gasteiger partial charge in [-0.05, 0) is 31.5 Å². The molecule has 0 aliphatic carbocycles. The summed E-state index contributed by atoms with van der Waals surface area (Å²) in [6, 6.07) is 8.26. The molecular formula is C12H18ClNOS. The second kappa shape index (κ2) is 6.38. The van der Waals surface area contributed by atoms with Gasteiger partial charge in [0, 0.05) is 39.9 Å². The lowest BCUT2D eigenvalue weighted by molar-refractivity contribution is 0.508. The highest BCUT2D eigenvalue weighted by Gasteiger charge is 2.10. The van der Waals surface area contributed by atoms with Crippen molar-refractivity contribution in [3.8, 4) is 0 Å². The second-order valence-corrected chi connectivity index (χ2v) is 6.00. The Morgan fingerprint density at radius 2 is 2.12 bits per heavy atom. The Kier molecular flexibility index (Phi) is 5.46. The summed E-state index contributed by atoms with van der Waals surface area (Å²) in [6.07, 6.45) is 1.72. The van der Waals surface area contributed by atoms with Crippen molar-refractivity contribution in [3.05, 3.63) is 34.9 Å².